The standard InChI is InChI=1S/C19H21ClN2O4S/c20-15-3-7-17(8-4-15)26-14-11-19(23)21-16-5-9-18(10-6-16)27(24,25)22-12-1-2-13-22/h3-10H,1-2,11-14H2,(H,21,23). The lowest BCUT2D eigenvalue weighted by atomic mass is 10.3. The van der Waals surface area contributed by atoms with Crippen molar-refractivity contribution in [2.24, 2.45) is 0 Å². The molecule has 0 aliphatic carbocycles. The molecule has 1 aliphatic heterocycles. The highest BCUT2D eigenvalue weighted by molar-refractivity contribution is 7.89. The maximum absolute atomic E-state index is 12.5. The van der Waals surface area contributed by atoms with Crippen molar-refractivity contribution in [1.82, 2.24) is 4.31 Å². The van der Waals surface area contributed by atoms with Gasteiger partial charge >= 0.3 is 0 Å². The van der Waals surface area contributed by atoms with E-state index < -0.39 is 10.0 Å². The zero-order valence-corrected chi connectivity index (χ0v) is 16.3. The van der Waals surface area contributed by atoms with E-state index in [-0.39, 0.29) is 23.8 Å². The minimum Gasteiger partial charge on any atom is -0.493 e. The largest absolute Gasteiger partial charge is 0.493 e. The number of nitrogens with one attached hydrogen (secondary N) is 1. The van der Waals surface area contributed by atoms with Crippen LogP contribution in [0.2, 0.25) is 5.02 Å². The number of sulfonamides is 1. The lowest BCUT2D eigenvalue weighted by Gasteiger charge is -2.15. The van der Waals surface area contributed by atoms with Gasteiger partial charge in [0.1, 0.15) is 5.75 Å². The minimum absolute atomic E-state index is 0.177. The second-order valence-electron chi connectivity index (χ2n) is 6.24. The third kappa shape index (κ3) is 5.22. The molecule has 1 N–H and O–H groups in total. The van der Waals surface area contributed by atoms with E-state index >= 15 is 0 Å². The van der Waals surface area contributed by atoms with Crippen LogP contribution in [0.5, 0.6) is 5.75 Å². The summed E-state index contributed by atoms with van der Waals surface area (Å²) in [5.74, 6) is 0.433. The average molecular weight is 409 g/mol. The van der Waals surface area contributed by atoms with Gasteiger partial charge in [0.2, 0.25) is 15.9 Å². The van der Waals surface area contributed by atoms with Crippen molar-refractivity contribution in [3.63, 3.8) is 0 Å². The number of rotatable bonds is 7. The van der Waals surface area contributed by atoms with Gasteiger partial charge in [0, 0.05) is 23.8 Å². The van der Waals surface area contributed by atoms with Crippen molar-refractivity contribution in [2.75, 3.05) is 25.0 Å². The Labute approximate surface area is 164 Å². The zero-order chi connectivity index (χ0) is 19.3. The van der Waals surface area contributed by atoms with E-state index in [9.17, 15) is 13.2 Å². The van der Waals surface area contributed by atoms with E-state index in [1.165, 1.54) is 16.4 Å². The summed E-state index contributed by atoms with van der Waals surface area (Å²) in [5, 5.41) is 3.36. The molecule has 0 aromatic heterocycles. The van der Waals surface area contributed by atoms with Crippen LogP contribution in [0.15, 0.2) is 53.4 Å². The van der Waals surface area contributed by atoms with Crippen LogP contribution in [0.3, 0.4) is 0 Å². The Balaban J connectivity index is 1.50. The Morgan fingerprint density at radius 3 is 2.30 bits per heavy atom. The number of anilines is 1. The number of hydrogen-bond acceptors (Lipinski definition) is 4. The van der Waals surface area contributed by atoms with E-state index in [1.54, 1.807) is 36.4 Å². The van der Waals surface area contributed by atoms with Crippen LogP contribution in [0.25, 0.3) is 0 Å². The van der Waals surface area contributed by atoms with Gasteiger partial charge < -0.3 is 10.1 Å². The smallest absolute Gasteiger partial charge is 0.243 e. The summed E-state index contributed by atoms with van der Waals surface area (Å²) >= 11 is 5.80. The van der Waals surface area contributed by atoms with Crippen molar-refractivity contribution in [1.29, 1.82) is 0 Å². The molecule has 0 unspecified atom stereocenters. The van der Waals surface area contributed by atoms with E-state index in [4.69, 9.17) is 16.3 Å². The highest BCUT2D eigenvalue weighted by atomic mass is 35.5. The van der Waals surface area contributed by atoms with Crippen LogP contribution >= 0.6 is 11.6 Å². The number of hydrogen-bond donors (Lipinski definition) is 1. The first-order chi connectivity index (χ1) is 12.9. The fourth-order valence-electron chi connectivity index (χ4n) is 2.80. The summed E-state index contributed by atoms with van der Waals surface area (Å²) in [4.78, 5) is 12.3. The fraction of sp³-hybridized carbons (Fsp3) is 0.316. The van der Waals surface area contributed by atoms with Crippen LogP contribution in [-0.2, 0) is 14.8 Å². The SMILES string of the molecule is O=C(CCOc1ccc(Cl)cc1)Nc1ccc(S(=O)(=O)N2CCCC2)cc1. The first-order valence-corrected chi connectivity index (χ1v) is 10.6. The monoisotopic (exact) mass is 408 g/mol. The summed E-state index contributed by atoms with van der Waals surface area (Å²) in [7, 11) is -3.44. The van der Waals surface area contributed by atoms with Crippen LogP contribution in [0.1, 0.15) is 19.3 Å². The Hall–Kier alpha value is -2.09. The molecular formula is C19H21ClN2O4S. The molecule has 0 saturated carbocycles. The number of nitrogens with zero attached hydrogens (tertiary/aromatic N) is 1. The Bertz CT molecular complexity index is 877. The fourth-order valence-corrected chi connectivity index (χ4v) is 4.45. The van der Waals surface area contributed by atoms with Crippen molar-refractivity contribution < 1.29 is 17.9 Å². The van der Waals surface area contributed by atoms with Crippen molar-refractivity contribution >= 4 is 33.2 Å². The molecule has 0 spiro atoms. The number of ether oxygens (including phenoxy) is 1. The predicted octanol–water partition coefficient (Wildman–Crippen LogP) is 3.53. The molecule has 1 fully saturated rings. The molecule has 8 heteroatoms. The molecule has 1 heterocycles. The van der Waals surface area contributed by atoms with Crippen LogP contribution in [-0.4, -0.2) is 38.3 Å². The average Bonchev–Trinajstić information content (AvgIpc) is 3.19. The van der Waals surface area contributed by atoms with Gasteiger partial charge in [-0.05, 0) is 61.4 Å². The van der Waals surface area contributed by atoms with Crippen LogP contribution in [0.4, 0.5) is 5.69 Å². The minimum atomic E-state index is -3.44. The van der Waals surface area contributed by atoms with Gasteiger partial charge in [-0.1, -0.05) is 11.6 Å². The van der Waals surface area contributed by atoms with Gasteiger partial charge in [-0.25, -0.2) is 8.42 Å². The topological polar surface area (TPSA) is 75.7 Å². The molecule has 6 nitrogen and oxygen atoms in total. The molecule has 2 aromatic carbocycles. The summed E-state index contributed by atoms with van der Waals surface area (Å²) in [5.41, 5.74) is 0.548. The van der Waals surface area contributed by atoms with Crippen molar-refractivity contribution in [3.8, 4) is 5.75 Å². The molecule has 1 amide bonds. The maximum Gasteiger partial charge on any atom is 0.243 e. The highest BCUT2D eigenvalue weighted by Gasteiger charge is 2.26. The van der Waals surface area contributed by atoms with E-state index in [0.717, 1.165) is 12.8 Å². The molecule has 3 rings (SSSR count). The first kappa shape index (κ1) is 19.7. The quantitative estimate of drug-likeness (QED) is 0.760. The molecule has 0 atom stereocenters. The highest BCUT2D eigenvalue weighted by Crippen LogP contribution is 2.22. The normalized spacial score (nSPS) is 14.9. The molecule has 2 aromatic rings. The lowest BCUT2D eigenvalue weighted by molar-refractivity contribution is -0.116. The van der Waals surface area contributed by atoms with Crippen LogP contribution in [0, 0.1) is 0 Å². The lowest BCUT2D eigenvalue weighted by Crippen LogP contribution is -2.27. The van der Waals surface area contributed by atoms with Gasteiger partial charge in [0.25, 0.3) is 0 Å². The summed E-state index contributed by atoms with van der Waals surface area (Å²) < 4.78 is 31.9. The summed E-state index contributed by atoms with van der Waals surface area (Å²) in [6, 6.07) is 13.1. The number of benzene rings is 2. The summed E-state index contributed by atoms with van der Waals surface area (Å²) in [6.07, 6.45) is 1.97. The molecule has 144 valence electrons. The number of carbonyl (C=O) groups excluding carboxylic acids is 1. The summed E-state index contributed by atoms with van der Waals surface area (Å²) in [6.45, 7) is 1.36. The number of amides is 1. The first-order valence-electron chi connectivity index (χ1n) is 8.73. The predicted molar refractivity (Wildman–Crippen MR) is 105 cm³/mol. The Morgan fingerprint density at radius 1 is 1.04 bits per heavy atom. The zero-order valence-electron chi connectivity index (χ0n) is 14.7. The number of carbonyl (C=O) groups is 1. The third-order valence-corrected chi connectivity index (χ3v) is 6.42. The van der Waals surface area contributed by atoms with Crippen LogP contribution < -0.4 is 10.1 Å². The van der Waals surface area contributed by atoms with E-state index in [1.807, 2.05) is 0 Å². The van der Waals surface area contributed by atoms with Crippen molar-refractivity contribution in [2.45, 2.75) is 24.2 Å². The maximum atomic E-state index is 12.5. The van der Waals surface area contributed by atoms with Crippen molar-refractivity contribution in [3.05, 3.63) is 53.6 Å². The van der Waals surface area contributed by atoms with E-state index in [2.05, 4.69) is 5.32 Å². The van der Waals surface area contributed by atoms with Gasteiger partial charge in [-0.3, -0.25) is 4.79 Å². The van der Waals surface area contributed by atoms with E-state index in [0.29, 0.717) is 29.5 Å². The molecule has 27 heavy (non-hydrogen) atoms. The Kier molecular flexibility index (Phi) is 6.36. The third-order valence-electron chi connectivity index (χ3n) is 4.25. The molecular weight excluding hydrogens is 388 g/mol. The molecule has 1 aliphatic rings. The van der Waals surface area contributed by atoms with Gasteiger partial charge in [0.15, 0.2) is 0 Å². The molecule has 1 saturated heterocycles. The Morgan fingerprint density at radius 2 is 1.67 bits per heavy atom. The molecule has 0 bridgehead atoms. The second kappa shape index (κ2) is 8.73. The van der Waals surface area contributed by atoms with Gasteiger partial charge in [-0.2, -0.15) is 4.31 Å². The molecule has 0 radical (unpaired) electrons. The number of halogens is 1. The van der Waals surface area contributed by atoms with Gasteiger partial charge in [-0.15, -0.1) is 0 Å². The van der Waals surface area contributed by atoms with Gasteiger partial charge in [0.05, 0.1) is 17.9 Å². The second-order valence-corrected chi connectivity index (χ2v) is 8.61.